The van der Waals surface area contributed by atoms with E-state index < -0.39 is 0 Å². The van der Waals surface area contributed by atoms with Gasteiger partial charge in [0, 0.05) is 20.7 Å². The molecular formula is C11H20N4O2+2. The van der Waals surface area contributed by atoms with Crippen molar-refractivity contribution in [1.29, 1.82) is 0 Å². The van der Waals surface area contributed by atoms with Crippen LogP contribution in [0.25, 0.3) is 0 Å². The second-order valence-electron chi connectivity index (χ2n) is 4.00. The molecule has 0 aliphatic carbocycles. The first-order valence-electron chi connectivity index (χ1n) is 5.34. The Bertz CT molecular complexity index is 425. The fraction of sp³-hybridized carbons (Fsp3) is 0.545. The van der Waals surface area contributed by atoms with E-state index in [1.807, 2.05) is 7.05 Å². The van der Waals surface area contributed by atoms with Gasteiger partial charge in [0.15, 0.2) is 0 Å². The Hall–Kier alpha value is -1.69. The normalized spacial score (nSPS) is 10.4. The van der Waals surface area contributed by atoms with E-state index in [1.165, 1.54) is 0 Å². The molecule has 0 aliphatic heterocycles. The van der Waals surface area contributed by atoms with Crippen molar-refractivity contribution in [2.75, 3.05) is 34.4 Å². The Balaban J connectivity index is 2.95. The molecule has 0 unspecified atom stereocenters. The summed E-state index contributed by atoms with van der Waals surface area (Å²) in [5.74, 6) is 0.637. The summed E-state index contributed by atoms with van der Waals surface area (Å²) in [4.78, 5) is 16.9. The van der Waals surface area contributed by atoms with Crippen LogP contribution in [0.4, 0.5) is 5.82 Å². The Morgan fingerprint density at radius 1 is 1.71 bits per heavy atom. The first-order valence-corrected chi connectivity index (χ1v) is 5.34. The molecule has 94 valence electrons. The summed E-state index contributed by atoms with van der Waals surface area (Å²) in [6, 6.07) is 0. The number of amides is 1. The fourth-order valence-electron chi connectivity index (χ4n) is 1.51. The zero-order valence-corrected chi connectivity index (χ0v) is 10.9. The van der Waals surface area contributed by atoms with E-state index in [1.54, 1.807) is 41.6 Å². The molecule has 1 heterocycles. The number of hydrogen-bond donors (Lipinski definition) is 1. The zero-order valence-electron chi connectivity index (χ0n) is 10.9. The van der Waals surface area contributed by atoms with E-state index in [0.29, 0.717) is 24.7 Å². The van der Waals surface area contributed by atoms with Crippen molar-refractivity contribution in [2.24, 2.45) is 7.05 Å². The van der Waals surface area contributed by atoms with Gasteiger partial charge in [-0.2, -0.15) is 0 Å². The average Bonchev–Trinajstić information content (AvgIpc) is 2.67. The largest absolute Gasteiger partial charge is 0.383 e. The van der Waals surface area contributed by atoms with Crippen molar-refractivity contribution >= 4 is 18.4 Å². The number of H-pyrrole nitrogens is 1. The van der Waals surface area contributed by atoms with Crippen LogP contribution in [0.3, 0.4) is 0 Å². The molecule has 0 aliphatic rings. The van der Waals surface area contributed by atoms with Crippen LogP contribution >= 0.6 is 0 Å². The smallest absolute Gasteiger partial charge is 0.335 e. The van der Waals surface area contributed by atoms with Gasteiger partial charge >= 0.3 is 11.7 Å². The van der Waals surface area contributed by atoms with Crippen LogP contribution in [-0.4, -0.2) is 61.4 Å². The molecule has 0 saturated carbocycles. The van der Waals surface area contributed by atoms with Gasteiger partial charge < -0.3 is 9.64 Å². The number of methoxy groups -OCH3 is 1. The second-order valence-corrected chi connectivity index (χ2v) is 4.00. The van der Waals surface area contributed by atoms with Gasteiger partial charge in [-0.25, -0.2) is 14.1 Å². The van der Waals surface area contributed by atoms with Crippen molar-refractivity contribution in [3.05, 3.63) is 12.0 Å². The van der Waals surface area contributed by atoms with Gasteiger partial charge in [0.2, 0.25) is 6.33 Å². The summed E-state index contributed by atoms with van der Waals surface area (Å²) >= 11 is 0. The van der Waals surface area contributed by atoms with Crippen LogP contribution in [-0.2, 0) is 11.8 Å². The lowest BCUT2D eigenvalue weighted by atomic mass is 10.3. The standard InChI is InChI=1S/C11H19N4O2/c1-13(2)10-9(15(4)8-12-10)11(16)14(3)6-7-17-5/h8H,1,6-7H2,2-5H3/q+1/p+1. The van der Waals surface area contributed by atoms with Crippen molar-refractivity contribution in [3.8, 4) is 0 Å². The molecule has 0 fully saturated rings. The maximum Gasteiger partial charge on any atom is 0.335 e. The van der Waals surface area contributed by atoms with Crippen molar-refractivity contribution in [3.63, 3.8) is 0 Å². The highest BCUT2D eigenvalue weighted by Crippen LogP contribution is 2.11. The number of nitrogens with one attached hydrogen (secondary N) is 1. The molecule has 0 radical (unpaired) electrons. The minimum Gasteiger partial charge on any atom is -0.383 e. The number of carbonyl (C=O) groups is 1. The number of imidazole rings is 1. The Morgan fingerprint density at radius 2 is 2.35 bits per heavy atom. The number of nitrogens with zero attached hydrogens (tertiary/aromatic N) is 3. The molecule has 0 spiro atoms. The topological polar surface area (TPSA) is 52.2 Å². The summed E-state index contributed by atoms with van der Waals surface area (Å²) in [5, 5.41) is 0. The number of aryl methyl sites for hydroxylation is 1. The first kappa shape index (κ1) is 13.4. The third-order valence-electron chi connectivity index (χ3n) is 2.53. The number of likely N-dealkylation sites (N-methyl/N-ethyl adjacent to an activating group) is 1. The predicted octanol–water partition coefficient (Wildman–Crippen LogP) is -0.468. The highest BCUT2D eigenvalue weighted by molar-refractivity contribution is 5.93. The van der Waals surface area contributed by atoms with Gasteiger partial charge in [-0.05, 0) is 0 Å². The van der Waals surface area contributed by atoms with Gasteiger partial charge in [0.1, 0.15) is 0 Å². The molecule has 0 saturated heterocycles. The highest BCUT2D eigenvalue weighted by atomic mass is 16.5. The molecule has 0 atom stereocenters. The van der Waals surface area contributed by atoms with E-state index in [0.717, 1.165) is 0 Å². The number of rotatable bonds is 5. The van der Waals surface area contributed by atoms with E-state index in [-0.39, 0.29) is 5.91 Å². The van der Waals surface area contributed by atoms with E-state index >= 15 is 0 Å². The zero-order chi connectivity index (χ0) is 13.0. The third-order valence-corrected chi connectivity index (χ3v) is 2.53. The van der Waals surface area contributed by atoms with Gasteiger partial charge in [-0.1, -0.05) is 0 Å². The van der Waals surface area contributed by atoms with Gasteiger partial charge in [-0.3, -0.25) is 4.79 Å². The SMILES string of the molecule is C=[N+](C)c1[nH]c[n+](C)c1C(=O)N(C)CCOC. The summed E-state index contributed by atoms with van der Waals surface area (Å²) in [5.41, 5.74) is 0.584. The average molecular weight is 240 g/mol. The molecule has 6 nitrogen and oxygen atoms in total. The maximum atomic E-state index is 12.2. The predicted molar refractivity (Wildman–Crippen MR) is 63.8 cm³/mol. The minimum atomic E-state index is -0.0590. The second kappa shape index (κ2) is 5.58. The van der Waals surface area contributed by atoms with Gasteiger partial charge in [-0.15, -0.1) is 0 Å². The summed E-state index contributed by atoms with van der Waals surface area (Å²) in [6.07, 6.45) is 1.73. The third kappa shape index (κ3) is 2.91. The number of aromatic nitrogens is 2. The van der Waals surface area contributed by atoms with Crippen LogP contribution in [0.1, 0.15) is 10.5 Å². The fourth-order valence-corrected chi connectivity index (χ4v) is 1.51. The maximum absolute atomic E-state index is 12.2. The Labute approximate surface area is 101 Å². The highest BCUT2D eigenvalue weighted by Gasteiger charge is 2.28. The number of aromatic amines is 1. The molecular weight excluding hydrogens is 220 g/mol. The molecule has 1 amide bonds. The van der Waals surface area contributed by atoms with E-state index in [9.17, 15) is 4.79 Å². The molecule has 0 aromatic carbocycles. The first-order chi connectivity index (χ1) is 7.99. The van der Waals surface area contributed by atoms with Gasteiger partial charge in [0.05, 0.1) is 27.4 Å². The number of carbonyl (C=O) groups excluding carboxylic acids is 1. The van der Waals surface area contributed by atoms with Crippen molar-refractivity contribution < 1.29 is 18.7 Å². The van der Waals surface area contributed by atoms with Crippen LogP contribution in [0, 0.1) is 0 Å². The van der Waals surface area contributed by atoms with Crippen molar-refractivity contribution in [1.82, 2.24) is 9.88 Å². The Kier molecular flexibility index (Phi) is 4.39. The summed E-state index contributed by atoms with van der Waals surface area (Å²) in [6.45, 7) is 4.86. The summed E-state index contributed by atoms with van der Waals surface area (Å²) in [7, 11) is 6.98. The monoisotopic (exact) mass is 240 g/mol. The molecule has 1 aromatic heterocycles. The van der Waals surface area contributed by atoms with Crippen LogP contribution in [0.2, 0.25) is 0 Å². The number of ether oxygens (including phenoxy) is 1. The lowest BCUT2D eigenvalue weighted by molar-refractivity contribution is -0.673. The molecule has 6 heteroatoms. The molecule has 1 N–H and O–H groups in total. The van der Waals surface area contributed by atoms with E-state index in [4.69, 9.17) is 4.74 Å². The number of hydrogen-bond acceptors (Lipinski definition) is 2. The lowest BCUT2D eigenvalue weighted by Gasteiger charge is -2.14. The summed E-state index contributed by atoms with van der Waals surface area (Å²) < 4.78 is 8.35. The minimum absolute atomic E-state index is 0.0590. The van der Waals surface area contributed by atoms with E-state index in [2.05, 4.69) is 11.7 Å². The van der Waals surface area contributed by atoms with Crippen LogP contribution in [0.15, 0.2) is 6.33 Å². The Morgan fingerprint density at radius 3 is 2.88 bits per heavy atom. The molecule has 1 aromatic rings. The molecule has 1 rings (SSSR count). The van der Waals surface area contributed by atoms with Crippen LogP contribution in [0.5, 0.6) is 0 Å². The molecule has 0 bridgehead atoms. The van der Waals surface area contributed by atoms with Crippen molar-refractivity contribution in [2.45, 2.75) is 0 Å². The quantitative estimate of drug-likeness (QED) is 0.559. The van der Waals surface area contributed by atoms with Crippen LogP contribution < -0.4 is 4.57 Å². The van der Waals surface area contributed by atoms with Gasteiger partial charge in [0.25, 0.3) is 5.69 Å². The molecule has 17 heavy (non-hydrogen) atoms. The lowest BCUT2D eigenvalue weighted by Crippen LogP contribution is -2.40.